The van der Waals surface area contributed by atoms with Gasteiger partial charge in [-0.2, -0.15) is 0 Å². The Morgan fingerprint density at radius 3 is 2.78 bits per heavy atom. The van der Waals surface area contributed by atoms with Crippen molar-refractivity contribution >= 4 is 23.0 Å². The minimum atomic E-state index is -0.546. The molecule has 1 fully saturated rings. The van der Waals surface area contributed by atoms with E-state index >= 15 is 0 Å². The summed E-state index contributed by atoms with van der Waals surface area (Å²) in [4.78, 5) is 2.02. The van der Waals surface area contributed by atoms with Crippen LogP contribution in [0.1, 0.15) is 24.9 Å². The van der Waals surface area contributed by atoms with Gasteiger partial charge in [-0.1, -0.05) is 30.3 Å². The Morgan fingerprint density at radius 1 is 1.22 bits per heavy atom. The minimum Gasteiger partial charge on any atom is -0.495 e. The summed E-state index contributed by atoms with van der Waals surface area (Å²) in [7, 11) is 1.67. The molecule has 118 valence electrons. The number of ether oxygens (including phenoxy) is 2. The van der Waals surface area contributed by atoms with Gasteiger partial charge in [0.25, 0.3) is 0 Å². The van der Waals surface area contributed by atoms with Crippen molar-refractivity contribution < 1.29 is 9.47 Å². The normalized spacial score (nSPS) is 25.2. The molecule has 0 aromatic heterocycles. The Labute approximate surface area is 141 Å². The lowest BCUT2D eigenvalue weighted by molar-refractivity contribution is 0.0494. The van der Waals surface area contributed by atoms with Gasteiger partial charge in [-0.05, 0) is 37.3 Å². The molecule has 2 atom stereocenters. The first-order valence-electron chi connectivity index (χ1n) is 7.64. The number of nitrogens with one attached hydrogen (secondary N) is 1. The Morgan fingerprint density at radius 2 is 1.96 bits per heavy atom. The number of anilines is 1. The van der Waals surface area contributed by atoms with Crippen LogP contribution in [0.5, 0.6) is 11.5 Å². The van der Waals surface area contributed by atoms with Crippen LogP contribution in [0.2, 0.25) is 0 Å². The van der Waals surface area contributed by atoms with E-state index in [9.17, 15) is 0 Å². The zero-order valence-electron chi connectivity index (χ0n) is 13.1. The average Bonchev–Trinajstić information content (AvgIpc) is 2.54. The van der Waals surface area contributed by atoms with Crippen LogP contribution in [0, 0.1) is 0 Å². The molecule has 1 saturated heterocycles. The van der Waals surface area contributed by atoms with Gasteiger partial charge in [0.15, 0.2) is 10.8 Å². The van der Waals surface area contributed by atoms with Crippen molar-refractivity contribution in [3.05, 3.63) is 54.1 Å². The molecule has 2 aromatic carbocycles. The van der Waals surface area contributed by atoms with E-state index in [0.29, 0.717) is 5.11 Å². The van der Waals surface area contributed by atoms with Gasteiger partial charge in [-0.25, -0.2) is 0 Å². The van der Waals surface area contributed by atoms with E-state index in [1.807, 2.05) is 47.4 Å². The van der Waals surface area contributed by atoms with Crippen LogP contribution < -0.4 is 19.7 Å². The van der Waals surface area contributed by atoms with Crippen LogP contribution in [-0.2, 0) is 0 Å². The molecule has 5 heteroatoms. The van der Waals surface area contributed by atoms with Gasteiger partial charge in [-0.3, -0.25) is 4.90 Å². The molecule has 0 unspecified atom stereocenters. The van der Waals surface area contributed by atoms with Gasteiger partial charge in [0.05, 0.1) is 18.8 Å². The summed E-state index contributed by atoms with van der Waals surface area (Å²) in [5, 5.41) is 4.11. The number of hydrogen-bond donors (Lipinski definition) is 1. The maximum Gasteiger partial charge on any atom is 0.188 e. The summed E-state index contributed by atoms with van der Waals surface area (Å²) in [5.74, 6) is 1.68. The Bertz CT molecular complexity index is 779. The van der Waals surface area contributed by atoms with E-state index < -0.39 is 5.72 Å². The summed E-state index contributed by atoms with van der Waals surface area (Å²) in [6.07, 6.45) is 0.808. The third-order valence-electron chi connectivity index (χ3n) is 4.51. The molecule has 23 heavy (non-hydrogen) atoms. The number of hydrogen-bond acceptors (Lipinski definition) is 3. The molecule has 2 bridgehead atoms. The van der Waals surface area contributed by atoms with Crippen molar-refractivity contribution in [2.45, 2.75) is 25.1 Å². The third kappa shape index (κ3) is 2.15. The first-order valence-corrected chi connectivity index (χ1v) is 8.05. The molecule has 0 radical (unpaired) electrons. The predicted octanol–water partition coefficient (Wildman–Crippen LogP) is 3.63. The highest BCUT2D eigenvalue weighted by Crippen LogP contribution is 2.46. The monoisotopic (exact) mass is 326 g/mol. The molecule has 2 heterocycles. The number of benzene rings is 2. The SMILES string of the molecule is COc1ccccc1N1C(=S)N[C@H]2C[C@@]1(C)Oc1ccccc12. The zero-order chi connectivity index (χ0) is 16.0. The van der Waals surface area contributed by atoms with Crippen LogP contribution in [0.3, 0.4) is 0 Å². The molecule has 4 rings (SSSR count). The van der Waals surface area contributed by atoms with E-state index in [-0.39, 0.29) is 6.04 Å². The highest BCUT2D eigenvalue weighted by Gasteiger charge is 2.48. The fourth-order valence-corrected chi connectivity index (χ4v) is 3.94. The average molecular weight is 326 g/mol. The first-order chi connectivity index (χ1) is 11.1. The number of thiocarbonyl (C=S) groups is 1. The fraction of sp³-hybridized carbons (Fsp3) is 0.278. The Kier molecular flexibility index (Phi) is 3.20. The van der Waals surface area contributed by atoms with Crippen LogP contribution >= 0.6 is 12.2 Å². The minimum absolute atomic E-state index is 0.170. The molecule has 4 nitrogen and oxygen atoms in total. The molecular weight excluding hydrogens is 308 g/mol. The highest BCUT2D eigenvalue weighted by atomic mass is 32.1. The summed E-state index contributed by atoms with van der Waals surface area (Å²) in [6, 6.07) is 16.2. The van der Waals surface area contributed by atoms with E-state index in [0.717, 1.165) is 29.2 Å². The number of para-hydroxylation sites is 3. The first kappa shape index (κ1) is 14.3. The molecular formula is C18H18N2O2S. The zero-order valence-corrected chi connectivity index (χ0v) is 13.9. The van der Waals surface area contributed by atoms with E-state index in [1.54, 1.807) is 7.11 Å². The molecule has 0 spiro atoms. The molecule has 2 aliphatic rings. The summed E-state index contributed by atoms with van der Waals surface area (Å²) < 4.78 is 11.9. The van der Waals surface area contributed by atoms with Crippen LogP contribution in [0.4, 0.5) is 5.69 Å². The van der Waals surface area contributed by atoms with Gasteiger partial charge in [0, 0.05) is 12.0 Å². The number of methoxy groups -OCH3 is 1. The topological polar surface area (TPSA) is 33.7 Å². The lowest BCUT2D eigenvalue weighted by atomic mass is 9.90. The number of nitrogens with zero attached hydrogens (tertiary/aromatic N) is 1. The quantitative estimate of drug-likeness (QED) is 0.852. The van der Waals surface area contributed by atoms with Crippen molar-refractivity contribution in [1.29, 1.82) is 0 Å². The Balaban J connectivity index is 1.83. The summed E-state index contributed by atoms with van der Waals surface area (Å²) >= 11 is 5.65. The second kappa shape index (κ2) is 5.13. The molecule has 1 N–H and O–H groups in total. The molecule has 0 saturated carbocycles. The van der Waals surface area contributed by atoms with Gasteiger partial charge < -0.3 is 14.8 Å². The fourth-order valence-electron chi connectivity index (χ4n) is 3.50. The second-order valence-corrected chi connectivity index (χ2v) is 6.42. The lowest BCUT2D eigenvalue weighted by Crippen LogP contribution is -2.65. The molecule has 0 aliphatic carbocycles. The third-order valence-corrected chi connectivity index (χ3v) is 4.81. The standard InChI is InChI=1S/C18H18N2O2S/c1-18-11-13(12-7-3-5-9-15(12)22-18)19-17(23)20(18)14-8-4-6-10-16(14)21-2/h3-10,13H,11H2,1-2H3,(H,19,23)/t13-,18+/m0/s1. The largest absolute Gasteiger partial charge is 0.495 e. The van der Waals surface area contributed by atoms with Gasteiger partial charge in [0.1, 0.15) is 11.5 Å². The smallest absolute Gasteiger partial charge is 0.188 e. The predicted molar refractivity (Wildman–Crippen MR) is 94.0 cm³/mol. The number of fused-ring (bicyclic) bond motifs is 4. The van der Waals surface area contributed by atoms with Crippen molar-refractivity contribution in [3.8, 4) is 11.5 Å². The Hall–Kier alpha value is -2.27. The number of rotatable bonds is 2. The van der Waals surface area contributed by atoms with Gasteiger partial charge >= 0.3 is 0 Å². The summed E-state index contributed by atoms with van der Waals surface area (Å²) in [5.41, 5.74) is 1.52. The maximum atomic E-state index is 6.37. The van der Waals surface area contributed by atoms with Crippen molar-refractivity contribution in [2.24, 2.45) is 0 Å². The van der Waals surface area contributed by atoms with E-state index in [4.69, 9.17) is 21.7 Å². The van der Waals surface area contributed by atoms with Gasteiger partial charge in [0.2, 0.25) is 0 Å². The van der Waals surface area contributed by atoms with Crippen molar-refractivity contribution in [2.75, 3.05) is 12.0 Å². The molecule has 0 amide bonds. The van der Waals surface area contributed by atoms with E-state index in [1.165, 1.54) is 0 Å². The van der Waals surface area contributed by atoms with Crippen LogP contribution in [-0.4, -0.2) is 17.9 Å². The highest BCUT2D eigenvalue weighted by molar-refractivity contribution is 7.80. The maximum absolute atomic E-state index is 6.37. The van der Waals surface area contributed by atoms with Crippen molar-refractivity contribution in [3.63, 3.8) is 0 Å². The lowest BCUT2D eigenvalue weighted by Gasteiger charge is -2.52. The van der Waals surface area contributed by atoms with Crippen molar-refractivity contribution in [1.82, 2.24) is 5.32 Å². The van der Waals surface area contributed by atoms with Gasteiger partial charge in [-0.15, -0.1) is 0 Å². The van der Waals surface area contributed by atoms with Crippen LogP contribution in [0.15, 0.2) is 48.5 Å². The second-order valence-electron chi connectivity index (χ2n) is 6.03. The summed E-state index contributed by atoms with van der Waals surface area (Å²) in [6.45, 7) is 2.08. The van der Waals surface area contributed by atoms with E-state index in [2.05, 4.69) is 18.3 Å². The van der Waals surface area contributed by atoms with Crippen LogP contribution in [0.25, 0.3) is 0 Å². The molecule has 2 aromatic rings. The molecule has 2 aliphatic heterocycles.